The van der Waals surface area contributed by atoms with Crippen LogP contribution in [-0.2, 0) is 10.5 Å². The summed E-state index contributed by atoms with van der Waals surface area (Å²) >= 11 is 3.23. The molecule has 0 unspecified atom stereocenters. The average Bonchev–Trinajstić information content (AvgIpc) is 3.09. The van der Waals surface area contributed by atoms with Crippen LogP contribution < -0.4 is 4.90 Å². The third kappa shape index (κ3) is 2.82. The molecule has 0 N–H and O–H groups in total. The second kappa shape index (κ2) is 5.68. The highest BCUT2D eigenvalue weighted by Crippen LogP contribution is 2.30. The summed E-state index contributed by atoms with van der Waals surface area (Å²) in [6.45, 7) is 3.31. The fourth-order valence-corrected chi connectivity index (χ4v) is 3.37. The summed E-state index contributed by atoms with van der Waals surface area (Å²) in [7, 11) is 0. The van der Waals surface area contributed by atoms with E-state index in [9.17, 15) is 0 Å². The monoisotopic (exact) mass is 284 g/mol. The number of rotatable bonds is 4. The van der Waals surface area contributed by atoms with Crippen LogP contribution >= 0.6 is 23.1 Å². The molecule has 0 aliphatic carbocycles. The maximum Gasteiger partial charge on any atom is 0.209 e. The van der Waals surface area contributed by atoms with E-state index in [2.05, 4.69) is 20.3 Å². The number of hydrogen-bond donors (Lipinski definition) is 0. The molecule has 2 aromatic heterocycles. The smallest absolute Gasteiger partial charge is 0.209 e. The molecule has 0 aromatic carbocycles. The molecule has 2 aromatic rings. The molecule has 1 saturated heterocycles. The Kier molecular flexibility index (Phi) is 3.77. The summed E-state index contributed by atoms with van der Waals surface area (Å²) in [5.74, 6) is 1.58. The molecule has 96 valence electrons. The van der Waals surface area contributed by atoms with Crippen molar-refractivity contribution < 1.29 is 9.26 Å². The van der Waals surface area contributed by atoms with E-state index in [0.717, 1.165) is 47.3 Å². The van der Waals surface area contributed by atoms with Crippen molar-refractivity contribution in [3.63, 3.8) is 0 Å². The van der Waals surface area contributed by atoms with Gasteiger partial charge in [-0.2, -0.15) is 0 Å². The van der Waals surface area contributed by atoms with Crippen LogP contribution in [0.1, 0.15) is 5.76 Å². The van der Waals surface area contributed by atoms with Crippen LogP contribution in [0.5, 0.6) is 0 Å². The molecule has 8 heteroatoms. The standard InChI is InChI=1S/C10H12N4O2S2/c1-2-11-16-8(1)7-17-10-13-12-9(18-10)14-3-5-15-6-4-14/h1-2H,3-7H2. The summed E-state index contributed by atoms with van der Waals surface area (Å²) < 4.78 is 11.3. The lowest BCUT2D eigenvalue weighted by molar-refractivity contribution is 0.122. The van der Waals surface area contributed by atoms with Crippen molar-refractivity contribution in [2.45, 2.75) is 10.1 Å². The molecule has 1 aliphatic rings. The summed E-state index contributed by atoms with van der Waals surface area (Å²) in [5.41, 5.74) is 0. The number of thioether (sulfide) groups is 1. The van der Waals surface area contributed by atoms with Crippen molar-refractivity contribution in [3.8, 4) is 0 Å². The fraction of sp³-hybridized carbons (Fsp3) is 0.500. The van der Waals surface area contributed by atoms with Crippen LogP contribution in [0.4, 0.5) is 5.13 Å². The molecule has 18 heavy (non-hydrogen) atoms. The first kappa shape index (κ1) is 11.9. The minimum absolute atomic E-state index is 0.734. The number of morpholine rings is 1. The van der Waals surface area contributed by atoms with Gasteiger partial charge in [0.1, 0.15) is 5.76 Å². The van der Waals surface area contributed by atoms with Gasteiger partial charge in [-0.05, 0) is 0 Å². The second-order valence-electron chi connectivity index (χ2n) is 3.72. The molecule has 0 bridgehead atoms. The minimum atomic E-state index is 0.734. The predicted octanol–water partition coefficient (Wildman–Crippen LogP) is 1.65. The van der Waals surface area contributed by atoms with Gasteiger partial charge in [0.15, 0.2) is 4.34 Å². The number of aromatic nitrogens is 3. The van der Waals surface area contributed by atoms with Crippen molar-refractivity contribution in [3.05, 3.63) is 18.0 Å². The van der Waals surface area contributed by atoms with Crippen LogP contribution in [0.15, 0.2) is 21.1 Å². The van der Waals surface area contributed by atoms with Gasteiger partial charge in [-0.3, -0.25) is 0 Å². The number of anilines is 1. The lowest BCUT2D eigenvalue weighted by Gasteiger charge is -2.25. The summed E-state index contributed by atoms with van der Waals surface area (Å²) in [6, 6.07) is 1.86. The molecule has 1 aliphatic heterocycles. The van der Waals surface area contributed by atoms with Crippen molar-refractivity contribution in [1.29, 1.82) is 0 Å². The van der Waals surface area contributed by atoms with E-state index in [1.54, 1.807) is 29.3 Å². The van der Waals surface area contributed by atoms with Crippen molar-refractivity contribution in [1.82, 2.24) is 15.4 Å². The predicted molar refractivity (Wildman–Crippen MR) is 69.0 cm³/mol. The average molecular weight is 284 g/mol. The Balaban J connectivity index is 1.59. The molecule has 0 spiro atoms. The highest BCUT2D eigenvalue weighted by atomic mass is 32.2. The Labute approximate surface area is 112 Å². The molecule has 0 amide bonds. The fourth-order valence-electron chi connectivity index (χ4n) is 1.59. The first-order valence-corrected chi connectivity index (χ1v) is 7.40. The van der Waals surface area contributed by atoms with Gasteiger partial charge in [-0.25, -0.2) is 0 Å². The van der Waals surface area contributed by atoms with Crippen molar-refractivity contribution in [2.75, 3.05) is 31.2 Å². The zero-order valence-electron chi connectivity index (χ0n) is 9.61. The van der Waals surface area contributed by atoms with E-state index in [4.69, 9.17) is 9.26 Å². The molecule has 3 rings (SSSR count). The summed E-state index contributed by atoms with van der Waals surface area (Å²) in [4.78, 5) is 2.21. The van der Waals surface area contributed by atoms with Crippen molar-refractivity contribution >= 4 is 28.2 Å². The second-order valence-corrected chi connectivity index (χ2v) is 5.90. The zero-order valence-corrected chi connectivity index (χ0v) is 11.2. The van der Waals surface area contributed by atoms with Gasteiger partial charge in [-0.15, -0.1) is 10.2 Å². The van der Waals surface area contributed by atoms with Gasteiger partial charge in [0.2, 0.25) is 5.13 Å². The quantitative estimate of drug-likeness (QED) is 0.791. The van der Waals surface area contributed by atoms with Crippen LogP contribution in [0.2, 0.25) is 0 Å². The van der Waals surface area contributed by atoms with E-state index in [0.29, 0.717) is 0 Å². The van der Waals surface area contributed by atoms with E-state index < -0.39 is 0 Å². The molecule has 3 heterocycles. The van der Waals surface area contributed by atoms with Crippen LogP contribution in [0.3, 0.4) is 0 Å². The SMILES string of the molecule is c1cc(CSc2nnc(N3CCOCC3)s2)on1. The van der Waals surface area contributed by atoms with Gasteiger partial charge < -0.3 is 14.2 Å². The Morgan fingerprint density at radius 1 is 1.33 bits per heavy atom. The molecule has 6 nitrogen and oxygen atoms in total. The van der Waals surface area contributed by atoms with Crippen LogP contribution in [-0.4, -0.2) is 41.7 Å². The lowest BCUT2D eigenvalue weighted by Crippen LogP contribution is -2.36. The van der Waals surface area contributed by atoms with E-state index in [1.807, 2.05) is 6.07 Å². The molecule has 1 fully saturated rings. The summed E-state index contributed by atoms with van der Waals surface area (Å²) in [5, 5.41) is 13.0. The Hall–Kier alpha value is -1.12. The highest BCUT2D eigenvalue weighted by molar-refractivity contribution is 8.00. The molecular formula is C10H12N4O2S2. The maximum atomic E-state index is 5.31. The van der Waals surface area contributed by atoms with Gasteiger partial charge >= 0.3 is 0 Å². The van der Waals surface area contributed by atoms with Crippen LogP contribution in [0, 0.1) is 0 Å². The van der Waals surface area contributed by atoms with Gasteiger partial charge in [0, 0.05) is 19.2 Å². The minimum Gasteiger partial charge on any atom is -0.378 e. The Bertz CT molecular complexity index is 482. The maximum absolute atomic E-state index is 5.31. The van der Waals surface area contributed by atoms with Gasteiger partial charge in [0.25, 0.3) is 0 Å². The van der Waals surface area contributed by atoms with E-state index >= 15 is 0 Å². The highest BCUT2D eigenvalue weighted by Gasteiger charge is 2.16. The zero-order chi connectivity index (χ0) is 12.2. The topological polar surface area (TPSA) is 64.3 Å². The Morgan fingerprint density at radius 2 is 2.22 bits per heavy atom. The van der Waals surface area contributed by atoms with E-state index in [-0.39, 0.29) is 0 Å². The third-order valence-electron chi connectivity index (χ3n) is 2.51. The first-order chi connectivity index (χ1) is 8.92. The van der Waals surface area contributed by atoms with Gasteiger partial charge in [-0.1, -0.05) is 28.3 Å². The van der Waals surface area contributed by atoms with Gasteiger partial charge in [0.05, 0.1) is 25.2 Å². The largest absolute Gasteiger partial charge is 0.378 e. The van der Waals surface area contributed by atoms with E-state index in [1.165, 1.54) is 0 Å². The molecule has 0 atom stereocenters. The Morgan fingerprint density at radius 3 is 3.00 bits per heavy atom. The number of nitrogens with zero attached hydrogens (tertiary/aromatic N) is 4. The first-order valence-electron chi connectivity index (χ1n) is 5.60. The number of hydrogen-bond acceptors (Lipinski definition) is 8. The lowest BCUT2D eigenvalue weighted by atomic mass is 10.5. The number of ether oxygens (including phenoxy) is 1. The molecule has 0 saturated carbocycles. The third-order valence-corrected chi connectivity index (χ3v) is 4.65. The normalized spacial score (nSPS) is 16.1. The summed E-state index contributed by atoms with van der Waals surface area (Å²) in [6.07, 6.45) is 1.65. The van der Waals surface area contributed by atoms with Crippen molar-refractivity contribution in [2.24, 2.45) is 0 Å². The molecule has 0 radical (unpaired) electrons. The molecular weight excluding hydrogens is 272 g/mol. The van der Waals surface area contributed by atoms with Crippen LogP contribution in [0.25, 0.3) is 0 Å².